The number of benzene rings is 1. The van der Waals surface area contributed by atoms with Gasteiger partial charge in [-0.05, 0) is 34.7 Å². The van der Waals surface area contributed by atoms with Crippen LogP contribution in [0, 0.1) is 0 Å². The van der Waals surface area contributed by atoms with Gasteiger partial charge in [0, 0.05) is 21.7 Å². The highest BCUT2D eigenvalue weighted by Crippen LogP contribution is 2.42. The average molecular weight is 284 g/mol. The lowest BCUT2D eigenvalue weighted by molar-refractivity contribution is 0.648. The van der Waals surface area contributed by atoms with Crippen LogP contribution in [-0.4, -0.2) is 23.2 Å². The van der Waals surface area contributed by atoms with Crippen molar-refractivity contribution in [2.75, 3.05) is 13.1 Å². The largest absolute Gasteiger partial charge is 0.317 e. The summed E-state index contributed by atoms with van der Waals surface area (Å²) in [6.45, 7) is 5.82. The van der Waals surface area contributed by atoms with Crippen molar-refractivity contribution in [3.63, 3.8) is 0 Å². The summed E-state index contributed by atoms with van der Waals surface area (Å²) in [6, 6.07) is 8.85. The van der Waals surface area contributed by atoms with E-state index in [0.29, 0.717) is 0 Å². The third kappa shape index (κ3) is 1.67. The number of hydrogen-bond donors (Lipinski definition) is 0. The second kappa shape index (κ2) is 4.25. The fraction of sp³-hybridized carbons (Fsp3) is 0.133. The van der Waals surface area contributed by atoms with Crippen LogP contribution in [0.4, 0.5) is 0 Å². The fourth-order valence-electron chi connectivity index (χ4n) is 2.54. The number of rotatable bonds is 2. The van der Waals surface area contributed by atoms with Gasteiger partial charge in [-0.15, -0.1) is 11.3 Å². The molecular formula is C15H12N2S2. The first kappa shape index (κ1) is 11.3. The van der Waals surface area contributed by atoms with Gasteiger partial charge in [-0.25, -0.2) is 0 Å². The highest BCUT2D eigenvalue weighted by molar-refractivity contribution is 8.17. The van der Waals surface area contributed by atoms with Gasteiger partial charge in [-0.3, -0.25) is 4.99 Å². The van der Waals surface area contributed by atoms with Crippen molar-refractivity contribution in [2.24, 2.45) is 4.99 Å². The first-order valence-electron chi connectivity index (χ1n) is 6.21. The van der Waals surface area contributed by atoms with Gasteiger partial charge >= 0.3 is 0 Å². The van der Waals surface area contributed by atoms with Crippen LogP contribution in [0.3, 0.4) is 0 Å². The number of thiophene rings is 1. The van der Waals surface area contributed by atoms with E-state index in [1.165, 1.54) is 26.3 Å². The van der Waals surface area contributed by atoms with E-state index in [-0.39, 0.29) is 0 Å². The third-order valence-corrected chi connectivity index (χ3v) is 5.41. The van der Waals surface area contributed by atoms with E-state index in [1.807, 2.05) is 6.08 Å². The summed E-state index contributed by atoms with van der Waals surface area (Å²) in [7, 11) is 0. The van der Waals surface area contributed by atoms with Crippen LogP contribution in [0.2, 0.25) is 0 Å². The fourth-order valence-corrected chi connectivity index (χ4v) is 4.42. The summed E-state index contributed by atoms with van der Waals surface area (Å²) in [5, 5.41) is 4.58. The number of aliphatic imine (C=N–C) groups is 1. The van der Waals surface area contributed by atoms with Gasteiger partial charge < -0.3 is 4.90 Å². The molecule has 0 atom stereocenters. The molecule has 0 spiro atoms. The summed E-state index contributed by atoms with van der Waals surface area (Å²) >= 11 is 3.52. The monoisotopic (exact) mass is 284 g/mol. The maximum atomic E-state index is 4.54. The second-order valence-electron chi connectivity index (χ2n) is 4.51. The van der Waals surface area contributed by atoms with E-state index in [4.69, 9.17) is 0 Å². The first-order valence-corrected chi connectivity index (χ1v) is 7.90. The molecule has 2 aromatic rings. The Morgan fingerprint density at radius 3 is 3.16 bits per heavy atom. The number of allylic oxidation sites excluding steroid dienone is 1. The van der Waals surface area contributed by atoms with Crippen LogP contribution in [0.1, 0.15) is 5.56 Å². The lowest BCUT2D eigenvalue weighted by Gasteiger charge is -2.17. The van der Waals surface area contributed by atoms with E-state index in [0.717, 1.165) is 18.3 Å². The van der Waals surface area contributed by atoms with Crippen LogP contribution in [0.25, 0.3) is 15.8 Å². The molecule has 94 valence electrons. The number of amidine groups is 1. The van der Waals surface area contributed by atoms with Crippen molar-refractivity contribution in [2.45, 2.75) is 0 Å². The van der Waals surface area contributed by atoms with E-state index in [9.17, 15) is 0 Å². The van der Waals surface area contributed by atoms with Crippen molar-refractivity contribution < 1.29 is 0 Å². The summed E-state index contributed by atoms with van der Waals surface area (Å²) < 4.78 is 1.34. The van der Waals surface area contributed by atoms with E-state index >= 15 is 0 Å². The molecule has 3 heterocycles. The minimum absolute atomic E-state index is 0.900. The topological polar surface area (TPSA) is 15.6 Å². The van der Waals surface area contributed by atoms with Crippen molar-refractivity contribution >= 4 is 44.0 Å². The van der Waals surface area contributed by atoms with Gasteiger partial charge in [0.05, 0.1) is 12.2 Å². The summed E-state index contributed by atoms with van der Waals surface area (Å²) in [5.74, 6) is 0. The Balaban J connectivity index is 1.89. The molecule has 0 unspecified atom stereocenters. The molecule has 4 rings (SSSR count). The molecule has 0 radical (unpaired) electrons. The molecule has 1 aromatic carbocycles. The molecule has 19 heavy (non-hydrogen) atoms. The van der Waals surface area contributed by atoms with Crippen molar-refractivity contribution in [3.8, 4) is 0 Å². The van der Waals surface area contributed by atoms with Crippen molar-refractivity contribution in [1.82, 2.24) is 4.90 Å². The minimum atomic E-state index is 0.900. The van der Waals surface area contributed by atoms with Crippen LogP contribution < -0.4 is 0 Å². The molecule has 2 aliphatic rings. The highest BCUT2D eigenvalue weighted by atomic mass is 32.2. The molecule has 0 N–H and O–H groups in total. The molecule has 2 nitrogen and oxygen atoms in total. The lowest BCUT2D eigenvalue weighted by Crippen LogP contribution is -2.19. The maximum absolute atomic E-state index is 4.54. The molecule has 0 saturated heterocycles. The molecule has 0 fully saturated rings. The van der Waals surface area contributed by atoms with Crippen LogP contribution >= 0.6 is 23.1 Å². The van der Waals surface area contributed by atoms with Gasteiger partial charge in [0.2, 0.25) is 0 Å². The third-order valence-electron chi connectivity index (χ3n) is 3.42. The maximum Gasteiger partial charge on any atom is 0.168 e. The van der Waals surface area contributed by atoms with Gasteiger partial charge in [0.1, 0.15) is 0 Å². The smallest absolute Gasteiger partial charge is 0.168 e. The average Bonchev–Trinajstić information content (AvgIpc) is 3.11. The Morgan fingerprint density at radius 2 is 2.26 bits per heavy atom. The molecule has 4 heteroatoms. The molecule has 1 aromatic heterocycles. The van der Waals surface area contributed by atoms with Gasteiger partial charge in [0.15, 0.2) is 5.17 Å². The summed E-state index contributed by atoms with van der Waals surface area (Å²) in [4.78, 5) is 8.08. The van der Waals surface area contributed by atoms with E-state index < -0.39 is 0 Å². The molecule has 0 aliphatic carbocycles. The lowest BCUT2D eigenvalue weighted by atomic mass is 10.1. The Morgan fingerprint density at radius 1 is 1.32 bits per heavy atom. The quantitative estimate of drug-likeness (QED) is 0.822. The van der Waals surface area contributed by atoms with Crippen LogP contribution in [0.15, 0.2) is 52.2 Å². The second-order valence-corrected chi connectivity index (χ2v) is 6.46. The Kier molecular flexibility index (Phi) is 2.53. The van der Waals surface area contributed by atoms with Crippen LogP contribution in [-0.2, 0) is 0 Å². The SMILES string of the molecule is C=CC1=C(c2ccc3ccsc3c2)N2CCN=C2S1. The molecule has 2 aliphatic heterocycles. The number of fused-ring (bicyclic) bond motifs is 2. The Bertz CT molecular complexity index is 739. The Hall–Kier alpha value is -1.52. The zero-order valence-corrected chi connectivity index (χ0v) is 11.9. The Labute approximate surface area is 120 Å². The van der Waals surface area contributed by atoms with Gasteiger partial charge in [-0.1, -0.05) is 24.8 Å². The van der Waals surface area contributed by atoms with Gasteiger partial charge in [-0.2, -0.15) is 0 Å². The normalized spacial score (nSPS) is 18.1. The summed E-state index contributed by atoms with van der Waals surface area (Å²) in [5.41, 5.74) is 2.54. The van der Waals surface area contributed by atoms with Gasteiger partial charge in [0.25, 0.3) is 0 Å². The molecular weight excluding hydrogens is 272 g/mol. The minimum Gasteiger partial charge on any atom is -0.317 e. The van der Waals surface area contributed by atoms with E-state index in [2.05, 4.69) is 46.1 Å². The van der Waals surface area contributed by atoms with Crippen LogP contribution in [0.5, 0.6) is 0 Å². The van der Waals surface area contributed by atoms with Crippen molar-refractivity contribution in [1.29, 1.82) is 0 Å². The molecule has 0 bridgehead atoms. The highest BCUT2D eigenvalue weighted by Gasteiger charge is 2.31. The number of nitrogens with zero attached hydrogens (tertiary/aromatic N) is 2. The zero-order chi connectivity index (χ0) is 12.8. The molecule has 0 amide bonds. The first-order chi connectivity index (χ1) is 9.36. The van der Waals surface area contributed by atoms with E-state index in [1.54, 1.807) is 23.1 Å². The number of thioether (sulfide) groups is 1. The summed E-state index contributed by atoms with van der Waals surface area (Å²) in [6.07, 6.45) is 1.94. The standard InChI is InChI=1S/C15H12N2S2/c1-2-12-14(17-7-6-16-15(17)19-12)11-4-3-10-5-8-18-13(10)9-11/h2-5,8-9H,1,6-7H2. The predicted molar refractivity (Wildman–Crippen MR) is 85.5 cm³/mol. The predicted octanol–water partition coefficient (Wildman–Crippen LogP) is 4.17. The zero-order valence-electron chi connectivity index (χ0n) is 10.3. The van der Waals surface area contributed by atoms with Crippen molar-refractivity contribution in [3.05, 3.63) is 52.8 Å². The molecule has 0 saturated carbocycles. The number of hydrogen-bond acceptors (Lipinski definition) is 4.